The van der Waals surface area contributed by atoms with Crippen LogP contribution in [-0.2, 0) is 19.6 Å². The molecule has 0 radical (unpaired) electrons. The Bertz CT molecular complexity index is 1170. The number of Topliss-reactive ketones (excluding diaryl/α,β-unsaturated/α-hetero) is 1. The highest BCUT2D eigenvalue weighted by Crippen LogP contribution is 2.27. The molecule has 0 aromatic heterocycles. The van der Waals surface area contributed by atoms with E-state index in [1.54, 1.807) is 24.3 Å². The molecule has 3 rings (SSSR count). The fourth-order valence-electron chi connectivity index (χ4n) is 4.05. The molecule has 3 unspecified atom stereocenters. The van der Waals surface area contributed by atoms with E-state index in [4.69, 9.17) is 4.74 Å². The standard InChI is InChI=1S/C25H30N2O6S/c1-16-12-17(2)15-27(14-16)34(31,32)23-7-5-6-21(13-23)25(30)33-19(4)24(29)26-22-10-8-20(9-11-22)18(3)28/h5-11,13,16-17,19H,12,14-15H2,1-4H3,(H,26,29). The Morgan fingerprint density at radius 1 is 1.00 bits per heavy atom. The molecule has 0 saturated carbocycles. The predicted octanol–water partition coefficient (Wildman–Crippen LogP) is 3.74. The van der Waals surface area contributed by atoms with Gasteiger partial charge in [0.25, 0.3) is 5.91 Å². The van der Waals surface area contributed by atoms with Crippen molar-refractivity contribution >= 4 is 33.4 Å². The minimum atomic E-state index is -3.76. The normalized spacial score (nSPS) is 19.8. The quantitative estimate of drug-likeness (QED) is 0.472. The summed E-state index contributed by atoms with van der Waals surface area (Å²) in [5, 5.41) is 2.62. The van der Waals surface area contributed by atoms with Crippen LogP contribution in [-0.4, -0.2) is 49.6 Å². The number of carbonyl (C=O) groups excluding carboxylic acids is 3. The first-order valence-electron chi connectivity index (χ1n) is 11.2. The van der Waals surface area contributed by atoms with Crippen LogP contribution in [0.25, 0.3) is 0 Å². The van der Waals surface area contributed by atoms with Crippen molar-refractivity contribution in [2.24, 2.45) is 11.8 Å². The molecule has 9 heteroatoms. The van der Waals surface area contributed by atoms with Crippen molar-refractivity contribution < 1.29 is 27.5 Å². The molecule has 1 saturated heterocycles. The van der Waals surface area contributed by atoms with Gasteiger partial charge in [0.05, 0.1) is 10.5 Å². The van der Waals surface area contributed by atoms with Crippen LogP contribution in [0.5, 0.6) is 0 Å². The van der Waals surface area contributed by atoms with Crippen LogP contribution >= 0.6 is 0 Å². The van der Waals surface area contributed by atoms with Crippen molar-refractivity contribution in [1.29, 1.82) is 0 Å². The van der Waals surface area contributed by atoms with Gasteiger partial charge in [-0.3, -0.25) is 9.59 Å². The van der Waals surface area contributed by atoms with Gasteiger partial charge in [0.15, 0.2) is 11.9 Å². The first kappa shape index (κ1) is 25.6. The number of ether oxygens (including phenoxy) is 1. The summed E-state index contributed by atoms with van der Waals surface area (Å²) in [4.78, 5) is 36.5. The third kappa shape index (κ3) is 6.09. The van der Waals surface area contributed by atoms with E-state index in [1.165, 1.54) is 42.4 Å². The van der Waals surface area contributed by atoms with E-state index < -0.39 is 28.0 Å². The first-order valence-corrected chi connectivity index (χ1v) is 12.6. The lowest BCUT2D eigenvalue weighted by Gasteiger charge is -2.34. The molecule has 1 N–H and O–H groups in total. The molecule has 1 fully saturated rings. The summed E-state index contributed by atoms with van der Waals surface area (Å²) in [6.07, 6.45) is -0.150. The van der Waals surface area contributed by atoms with Crippen LogP contribution in [0.3, 0.4) is 0 Å². The van der Waals surface area contributed by atoms with Gasteiger partial charge >= 0.3 is 5.97 Å². The smallest absolute Gasteiger partial charge is 0.338 e. The van der Waals surface area contributed by atoms with Crippen LogP contribution in [0, 0.1) is 11.8 Å². The lowest BCUT2D eigenvalue weighted by Crippen LogP contribution is -2.42. The maximum absolute atomic E-state index is 13.1. The summed E-state index contributed by atoms with van der Waals surface area (Å²) < 4.78 is 33.0. The number of hydrogen-bond acceptors (Lipinski definition) is 6. The average molecular weight is 487 g/mol. The number of nitrogens with zero attached hydrogens (tertiary/aromatic N) is 1. The molecule has 0 aliphatic carbocycles. The van der Waals surface area contributed by atoms with Gasteiger partial charge in [0.1, 0.15) is 0 Å². The molecular weight excluding hydrogens is 456 g/mol. The Balaban J connectivity index is 1.67. The highest BCUT2D eigenvalue weighted by Gasteiger charge is 2.32. The van der Waals surface area contributed by atoms with Crippen LogP contribution in [0.4, 0.5) is 5.69 Å². The Hall–Kier alpha value is -3.04. The van der Waals surface area contributed by atoms with Crippen molar-refractivity contribution in [1.82, 2.24) is 4.31 Å². The molecule has 1 heterocycles. The van der Waals surface area contributed by atoms with Crippen LogP contribution in [0.1, 0.15) is 54.8 Å². The van der Waals surface area contributed by atoms with E-state index in [0.717, 1.165) is 6.42 Å². The van der Waals surface area contributed by atoms with E-state index in [-0.39, 0.29) is 28.1 Å². The maximum atomic E-state index is 13.1. The number of carbonyl (C=O) groups is 3. The summed E-state index contributed by atoms with van der Waals surface area (Å²) in [6, 6.07) is 12.0. The van der Waals surface area contributed by atoms with Crippen molar-refractivity contribution in [3.05, 3.63) is 59.7 Å². The number of ketones is 1. The second-order valence-electron chi connectivity index (χ2n) is 8.97. The van der Waals surface area contributed by atoms with Gasteiger partial charge in [-0.1, -0.05) is 19.9 Å². The number of piperidine rings is 1. The van der Waals surface area contributed by atoms with Crippen molar-refractivity contribution in [2.75, 3.05) is 18.4 Å². The highest BCUT2D eigenvalue weighted by atomic mass is 32.2. The molecule has 34 heavy (non-hydrogen) atoms. The summed E-state index contributed by atoms with van der Waals surface area (Å²) >= 11 is 0. The molecule has 2 aromatic carbocycles. The van der Waals surface area contributed by atoms with E-state index in [9.17, 15) is 22.8 Å². The largest absolute Gasteiger partial charge is 0.449 e. The summed E-state index contributed by atoms with van der Waals surface area (Å²) in [6.45, 7) is 7.79. The minimum Gasteiger partial charge on any atom is -0.449 e. The van der Waals surface area contributed by atoms with E-state index in [1.807, 2.05) is 13.8 Å². The lowest BCUT2D eigenvalue weighted by atomic mass is 9.94. The average Bonchev–Trinajstić information content (AvgIpc) is 2.78. The van der Waals surface area contributed by atoms with Crippen molar-refractivity contribution in [2.45, 2.75) is 45.1 Å². The molecule has 1 aliphatic rings. The summed E-state index contributed by atoms with van der Waals surface area (Å²) in [7, 11) is -3.76. The Labute approximate surface area is 200 Å². The monoisotopic (exact) mass is 486 g/mol. The molecule has 1 amide bonds. The van der Waals surface area contributed by atoms with Gasteiger partial charge in [-0.25, -0.2) is 13.2 Å². The maximum Gasteiger partial charge on any atom is 0.338 e. The van der Waals surface area contributed by atoms with Gasteiger partial charge in [-0.05, 0) is 74.6 Å². The van der Waals surface area contributed by atoms with E-state index in [0.29, 0.717) is 24.3 Å². The van der Waals surface area contributed by atoms with Gasteiger partial charge in [-0.2, -0.15) is 4.31 Å². The molecule has 1 aliphatic heterocycles. The van der Waals surface area contributed by atoms with Gasteiger partial charge in [-0.15, -0.1) is 0 Å². The Morgan fingerprint density at radius 2 is 1.62 bits per heavy atom. The van der Waals surface area contributed by atoms with E-state index in [2.05, 4.69) is 5.32 Å². The van der Waals surface area contributed by atoms with Gasteiger partial charge in [0.2, 0.25) is 10.0 Å². The second kappa shape index (κ2) is 10.5. The third-order valence-corrected chi connectivity index (χ3v) is 7.58. The molecule has 182 valence electrons. The Kier molecular flexibility index (Phi) is 7.89. The SMILES string of the molecule is CC(=O)c1ccc(NC(=O)C(C)OC(=O)c2cccc(S(=O)(=O)N3CC(C)CC(C)C3)c2)cc1. The van der Waals surface area contributed by atoms with Crippen LogP contribution in [0.15, 0.2) is 53.4 Å². The number of hydrogen-bond donors (Lipinski definition) is 1. The minimum absolute atomic E-state index is 0.0194. The zero-order chi connectivity index (χ0) is 25.0. The second-order valence-corrected chi connectivity index (χ2v) is 10.9. The zero-order valence-corrected chi connectivity index (χ0v) is 20.6. The van der Waals surface area contributed by atoms with Crippen LogP contribution < -0.4 is 5.32 Å². The topological polar surface area (TPSA) is 110 Å². The van der Waals surface area contributed by atoms with Crippen molar-refractivity contribution in [3.63, 3.8) is 0 Å². The number of esters is 1. The number of nitrogens with one attached hydrogen (secondary N) is 1. The number of sulfonamides is 1. The molecule has 0 spiro atoms. The van der Waals surface area contributed by atoms with Gasteiger partial charge < -0.3 is 10.1 Å². The highest BCUT2D eigenvalue weighted by molar-refractivity contribution is 7.89. The number of anilines is 1. The van der Waals surface area contributed by atoms with Gasteiger partial charge in [0, 0.05) is 24.3 Å². The number of amides is 1. The molecule has 8 nitrogen and oxygen atoms in total. The summed E-state index contributed by atoms with van der Waals surface area (Å²) in [5.74, 6) is -0.931. The molecular formula is C25H30N2O6S. The fraction of sp³-hybridized carbons (Fsp3) is 0.400. The third-order valence-electron chi connectivity index (χ3n) is 5.75. The van der Waals surface area contributed by atoms with E-state index >= 15 is 0 Å². The molecule has 2 aromatic rings. The van der Waals surface area contributed by atoms with Crippen LogP contribution in [0.2, 0.25) is 0 Å². The van der Waals surface area contributed by atoms with Crippen molar-refractivity contribution in [3.8, 4) is 0 Å². The molecule has 3 atom stereocenters. The number of rotatable bonds is 7. The number of benzene rings is 2. The fourth-order valence-corrected chi connectivity index (χ4v) is 5.77. The zero-order valence-electron chi connectivity index (χ0n) is 19.8. The Morgan fingerprint density at radius 3 is 2.21 bits per heavy atom. The predicted molar refractivity (Wildman–Crippen MR) is 128 cm³/mol. The summed E-state index contributed by atoms with van der Waals surface area (Å²) in [5.41, 5.74) is 1.02. The first-order chi connectivity index (χ1) is 16.0. The lowest BCUT2D eigenvalue weighted by molar-refractivity contribution is -0.123. The molecule has 0 bridgehead atoms.